The Morgan fingerprint density at radius 1 is 1.33 bits per heavy atom. The van der Waals surface area contributed by atoms with Crippen LogP contribution in [-0.2, 0) is 0 Å². The Kier molecular flexibility index (Phi) is 4.53. The maximum atomic E-state index is 12.2. The third kappa shape index (κ3) is 2.99. The summed E-state index contributed by atoms with van der Waals surface area (Å²) in [4.78, 5) is 12.2. The number of para-hydroxylation sites is 1. The van der Waals surface area contributed by atoms with Crippen molar-refractivity contribution < 1.29 is 4.79 Å². The van der Waals surface area contributed by atoms with Gasteiger partial charge in [0.15, 0.2) is 0 Å². The molecule has 0 heterocycles. The monoisotopic (exact) mass is 264 g/mol. The Labute approximate surface area is 113 Å². The second kappa shape index (κ2) is 6.14. The van der Waals surface area contributed by atoms with Crippen LogP contribution in [0, 0.1) is 0 Å². The molecule has 1 aromatic rings. The summed E-state index contributed by atoms with van der Waals surface area (Å²) in [6.07, 6.45) is 5.54. The lowest BCUT2D eigenvalue weighted by Gasteiger charge is -2.14. The normalized spacial score (nSPS) is 22.8. The zero-order valence-electron chi connectivity index (χ0n) is 10.9. The van der Waals surface area contributed by atoms with E-state index < -0.39 is 0 Å². The first kappa shape index (κ1) is 13.3. The summed E-state index contributed by atoms with van der Waals surface area (Å²) in [5.74, 6) is 0.0340. The summed E-state index contributed by atoms with van der Waals surface area (Å²) in [5, 5.41) is 6.90. The van der Waals surface area contributed by atoms with Gasteiger partial charge in [-0.1, -0.05) is 12.1 Å². The molecule has 2 rings (SSSR count). The molecule has 2 atom stereocenters. The average molecular weight is 264 g/mol. The molecule has 4 heteroatoms. The number of benzene rings is 1. The van der Waals surface area contributed by atoms with E-state index in [1.54, 1.807) is 0 Å². The van der Waals surface area contributed by atoms with Crippen LogP contribution >= 0.6 is 11.8 Å². The number of hydrogen-bond donors (Lipinski definition) is 2. The van der Waals surface area contributed by atoms with Crippen molar-refractivity contribution in [1.82, 2.24) is 5.32 Å². The summed E-state index contributed by atoms with van der Waals surface area (Å²) in [6, 6.07) is 7.95. The number of amides is 1. The standard InChI is InChI=1S/C14H20N2OS/c1-15-13-6-4-3-5-12(13)14(17)16-10-7-8-11(9-10)18-2/h3-6,10-11,15H,7-9H2,1-2H3,(H,16,17). The van der Waals surface area contributed by atoms with Crippen molar-refractivity contribution in [3.8, 4) is 0 Å². The zero-order valence-corrected chi connectivity index (χ0v) is 11.7. The van der Waals surface area contributed by atoms with Gasteiger partial charge >= 0.3 is 0 Å². The maximum Gasteiger partial charge on any atom is 0.253 e. The van der Waals surface area contributed by atoms with Gasteiger partial charge in [0.2, 0.25) is 0 Å². The van der Waals surface area contributed by atoms with Gasteiger partial charge in [0.25, 0.3) is 5.91 Å². The molecule has 98 valence electrons. The molecule has 0 bridgehead atoms. The quantitative estimate of drug-likeness (QED) is 0.878. The minimum atomic E-state index is 0.0340. The van der Waals surface area contributed by atoms with E-state index >= 15 is 0 Å². The van der Waals surface area contributed by atoms with Crippen molar-refractivity contribution >= 4 is 23.4 Å². The molecule has 0 aliphatic heterocycles. The van der Waals surface area contributed by atoms with E-state index in [-0.39, 0.29) is 5.91 Å². The van der Waals surface area contributed by atoms with Crippen molar-refractivity contribution in [2.75, 3.05) is 18.6 Å². The van der Waals surface area contributed by atoms with Crippen LogP contribution in [0.15, 0.2) is 24.3 Å². The largest absolute Gasteiger partial charge is 0.387 e. The SMILES string of the molecule is CNc1ccccc1C(=O)NC1CCC(SC)C1. The summed E-state index contributed by atoms with van der Waals surface area (Å²) < 4.78 is 0. The van der Waals surface area contributed by atoms with Crippen LogP contribution < -0.4 is 10.6 Å². The van der Waals surface area contributed by atoms with E-state index in [0.29, 0.717) is 11.3 Å². The Bertz CT molecular complexity index is 422. The number of rotatable bonds is 4. The highest BCUT2D eigenvalue weighted by Crippen LogP contribution is 2.28. The van der Waals surface area contributed by atoms with E-state index in [1.807, 2.05) is 43.1 Å². The van der Waals surface area contributed by atoms with Gasteiger partial charge in [-0.15, -0.1) is 0 Å². The highest BCUT2D eigenvalue weighted by atomic mass is 32.2. The first-order valence-electron chi connectivity index (χ1n) is 6.35. The second-order valence-electron chi connectivity index (χ2n) is 4.64. The van der Waals surface area contributed by atoms with Gasteiger partial charge < -0.3 is 10.6 Å². The predicted molar refractivity (Wildman–Crippen MR) is 78.4 cm³/mol. The molecule has 2 N–H and O–H groups in total. The smallest absolute Gasteiger partial charge is 0.253 e. The van der Waals surface area contributed by atoms with Crippen molar-refractivity contribution in [1.29, 1.82) is 0 Å². The van der Waals surface area contributed by atoms with Crippen LogP contribution in [0.3, 0.4) is 0 Å². The van der Waals surface area contributed by atoms with Crippen molar-refractivity contribution in [3.05, 3.63) is 29.8 Å². The molecule has 0 aromatic heterocycles. The molecular formula is C14H20N2OS. The molecule has 1 aliphatic rings. The fraction of sp³-hybridized carbons (Fsp3) is 0.500. The maximum absolute atomic E-state index is 12.2. The van der Waals surface area contributed by atoms with E-state index in [1.165, 1.54) is 6.42 Å². The number of hydrogen-bond acceptors (Lipinski definition) is 3. The van der Waals surface area contributed by atoms with Gasteiger partial charge in [0.05, 0.1) is 5.56 Å². The van der Waals surface area contributed by atoms with Crippen LogP contribution in [0.2, 0.25) is 0 Å². The van der Waals surface area contributed by atoms with E-state index in [4.69, 9.17) is 0 Å². The number of carbonyl (C=O) groups excluding carboxylic acids is 1. The summed E-state index contributed by atoms with van der Waals surface area (Å²) in [6.45, 7) is 0. The Hall–Kier alpha value is -1.16. The van der Waals surface area contributed by atoms with E-state index in [9.17, 15) is 4.79 Å². The number of thioether (sulfide) groups is 1. The van der Waals surface area contributed by atoms with Crippen molar-refractivity contribution in [2.45, 2.75) is 30.6 Å². The van der Waals surface area contributed by atoms with Gasteiger partial charge in [-0.25, -0.2) is 0 Å². The molecule has 18 heavy (non-hydrogen) atoms. The Morgan fingerprint density at radius 2 is 2.11 bits per heavy atom. The molecular weight excluding hydrogens is 244 g/mol. The second-order valence-corrected chi connectivity index (χ2v) is 5.77. The third-order valence-electron chi connectivity index (χ3n) is 3.49. The molecule has 1 aromatic carbocycles. The molecule has 1 saturated carbocycles. The van der Waals surface area contributed by atoms with Crippen molar-refractivity contribution in [3.63, 3.8) is 0 Å². The van der Waals surface area contributed by atoms with E-state index in [2.05, 4.69) is 16.9 Å². The lowest BCUT2D eigenvalue weighted by Crippen LogP contribution is -2.33. The minimum Gasteiger partial charge on any atom is -0.387 e. The fourth-order valence-electron chi connectivity index (χ4n) is 2.45. The molecule has 0 saturated heterocycles. The Morgan fingerprint density at radius 3 is 2.78 bits per heavy atom. The summed E-state index contributed by atoms with van der Waals surface area (Å²) in [7, 11) is 1.84. The highest BCUT2D eigenvalue weighted by molar-refractivity contribution is 7.99. The molecule has 0 spiro atoms. The van der Waals surface area contributed by atoms with Gasteiger partial charge in [0.1, 0.15) is 0 Å². The summed E-state index contributed by atoms with van der Waals surface area (Å²) >= 11 is 1.90. The average Bonchev–Trinajstić information content (AvgIpc) is 2.86. The molecule has 3 nitrogen and oxygen atoms in total. The van der Waals surface area contributed by atoms with Crippen LogP contribution in [0.5, 0.6) is 0 Å². The lowest BCUT2D eigenvalue weighted by molar-refractivity contribution is 0.0939. The number of nitrogens with one attached hydrogen (secondary N) is 2. The predicted octanol–water partition coefficient (Wildman–Crippen LogP) is 2.74. The highest BCUT2D eigenvalue weighted by Gasteiger charge is 2.25. The molecule has 1 aliphatic carbocycles. The lowest BCUT2D eigenvalue weighted by atomic mass is 10.1. The topological polar surface area (TPSA) is 41.1 Å². The Balaban J connectivity index is 2.00. The molecule has 2 unspecified atom stereocenters. The first-order valence-corrected chi connectivity index (χ1v) is 7.63. The zero-order chi connectivity index (χ0) is 13.0. The fourth-order valence-corrected chi connectivity index (χ4v) is 3.24. The molecule has 1 fully saturated rings. The minimum absolute atomic E-state index is 0.0340. The summed E-state index contributed by atoms with van der Waals surface area (Å²) in [5.41, 5.74) is 1.61. The number of anilines is 1. The van der Waals surface area contributed by atoms with Gasteiger partial charge in [-0.3, -0.25) is 4.79 Å². The van der Waals surface area contributed by atoms with E-state index in [0.717, 1.165) is 24.1 Å². The van der Waals surface area contributed by atoms with Gasteiger partial charge in [0, 0.05) is 24.0 Å². The third-order valence-corrected chi connectivity index (χ3v) is 4.59. The first-order chi connectivity index (χ1) is 8.74. The van der Waals surface area contributed by atoms with Crippen LogP contribution in [-0.4, -0.2) is 30.5 Å². The number of carbonyl (C=O) groups is 1. The molecule has 1 amide bonds. The van der Waals surface area contributed by atoms with Crippen LogP contribution in [0.25, 0.3) is 0 Å². The van der Waals surface area contributed by atoms with Crippen molar-refractivity contribution in [2.24, 2.45) is 0 Å². The van der Waals surface area contributed by atoms with Crippen LogP contribution in [0.1, 0.15) is 29.6 Å². The van der Waals surface area contributed by atoms with Crippen LogP contribution in [0.4, 0.5) is 5.69 Å². The van der Waals surface area contributed by atoms with Gasteiger partial charge in [-0.2, -0.15) is 11.8 Å². The molecule has 0 radical (unpaired) electrons. The van der Waals surface area contributed by atoms with Gasteiger partial charge in [-0.05, 0) is 37.7 Å².